The van der Waals surface area contributed by atoms with E-state index in [-0.39, 0.29) is 6.61 Å². The monoisotopic (exact) mass is 243 g/mol. The Labute approximate surface area is 98.7 Å². The Morgan fingerprint density at radius 1 is 1.25 bits per heavy atom. The van der Waals surface area contributed by atoms with Crippen LogP contribution in [0.2, 0.25) is 5.02 Å². The van der Waals surface area contributed by atoms with Gasteiger partial charge in [0.25, 0.3) is 0 Å². The third kappa shape index (κ3) is 2.15. The van der Waals surface area contributed by atoms with Crippen LogP contribution in [0.15, 0.2) is 18.2 Å². The minimum absolute atomic E-state index is 0.0929. The Morgan fingerprint density at radius 3 is 2.38 bits per heavy atom. The van der Waals surface area contributed by atoms with Gasteiger partial charge in [0.15, 0.2) is 0 Å². The SMILES string of the molecule is OCc1ccc(N2CC(O)C(O)C2)cc1Cl. The van der Waals surface area contributed by atoms with Crippen LogP contribution in [0.1, 0.15) is 5.56 Å². The van der Waals surface area contributed by atoms with E-state index in [9.17, 15) is 10.2 Å². The highest BCUT2D eigenvalue weighted by atomic mass is 35.5. The van der Waals surface area contributed by atoms with E-state index in [4.69, 9.17) is 16.7 Å². The zero-order valence-corrected chi connectivity index (χ0v) is 9.43. The van der Waals surface area contributed by atoms with Crippen molar-refractivity contribution < 1.29 is 15.3 Å². The van der Waals surface area contributed by atoms with Crippen molar-refractivity contribution in [3.63, 3.8) is 0 Å². The van der Waals surface area contributed by atoms with E-state index in [0.717, 1.165) is 5.69 Å². The maximum atomic E-state index is 9.43. The molecule has 88 valence electrons. The minimum atomic E-state index is -0.712. The van der Waals surface area contributed by atoms with Gasteiger partial charge in [0, 0.05) is 23.8 Å². The van der Waals surface area contributed by atoms with Crippen molar-refractivity contribution in [1.29, 1.82) is 0 Å². The van der Waals surface area contributed by atoms with Crippen LogP contribution in [0.3, 0.4) is 0 Å². The number of benzene rings is 1. The van der Waals surface area contributed by atoms with Gasteiger partial charge in [-0.15, -0.1) is 0 Å². The number of hydrogen-bond donors (Lipinski definition) is 3. The van der Waals surface area contributed by atoms with Crippen LogP contribution in [0.5, 0.6) is 0 Å². The van der Waals surface area contributed by atoms with Gasteiger partial charge in [-0.2, -0.15) is 0 Å². The molecule has 3 N–H and O–H groups in total. The average Bonchev–Trinajstić information content (AvgIpc) is 2.59. The van der Waals surface area contributed by atoms with Gasteiger partial charge in [0.2, 0.25) is 0 Å². The van der Waals surface area contributed by atoms with E-state index in [1.807, 2.05) is 11.0 Å². The summed E-state index contributed by atoms with van der Waals surface area (Å²) in [5.41, 5.74) is 1.52. The number of aliphatic hydroxyl groups excluding tert-OH is 3. The van der Waals surface area contributed by atoms with Crippen LogP contribution >= 0.6 is 11.6 Å². The molecule has 1 aliphatic heterocycles. The maximum absolute atomic E-state index is 9.43. The van der Waals surface area contributed by atoms with Crippen LogP contribution in [0.4, 0.5) is 5.69 Å². The number of aliphatic hydroxyl groups is 3. The molecule has 0 aromatic heterocycles. The van der Waals surface area contributed by atoms with Crippen LogP contribution in [0.25, 0.3) is 0 Å². The number of hydrogen-bond acceptors (Lipinski definition) is 4. The molecule has 1 aromatic carbocycles. The van der Waals surface area contributed by atoms with E-state index < -0.39 is 12.2 Å². The normalized spacial score (nSPS) is 25.1. The van der Waals surface area contributed by atoms with E-state index in [0.29, 0.717) is 23.7 Å². The van der Waals surface area contributed by atoms with Crippen LogP contribution < -0.4 is 4.90 Å². The second-order valence-corrected chi connectivity index (χ2v) is 4.38. The van der Waals surface area contributed by atoms with Crippen LogP contribution in [-0.4, -0.2) is 40.6 Å². The quantitative estimate of drug-likeness (QED) is 0.703. The van der Waals surface area contributed by atoms with E-state index >= 15 is 0 Å². The molecule has 0 aliphatic carbocycles. The molecule has 0 amide bonds. The lowest BCUT2D eigenvalue weighted by Gasteiger charge is -2.18. The molecule has 1 saturated heterocycles. The molecule has 0 saturated carbocycles. The van der Waals surface area contributed by atoms with E-state index in [1.54, 1.807) is 12.1 Å². The summed E-state index contributed by atoms with van der Waals surface area (Å²) in [7, 11) is 0. The Morgan fingerprint density at radius 2 is 1.88 bits per heavy atom. The molecular formula is C11H14ClNO3. The molecule has 1 heterocycles. The Hall–Kier alpha value is -0.810. The fourth-order valence-electron chi connectivity index (χ4n) is 1.84. The van der Waals surface area contributed by atoms with E-state index in [2.05, 4.69) is 0 Å². The zero-order valence-electron chi connectivity index (χ0n) is 8.67. The summed E-state index contributed by atoms with van der Waals surface area (Å²) in [4.78, 5) is 1.86. The first kappa shape index (κ1) is 11.7. The third-order valence-electron chi connectivity index (χ3n) is 2.83. The number of rotatable bonds is 2. The van der Waals surface area contributed by atoms with E-state index in [1.165, 1.54) is 0 Å². The molecular weight excluding hydrogens is 230 g/mol. The molecule has 1 aromatic rings. The lowest BCUT2D eigenvalue weighted by molar-refractivity contribution is 0.0572. The molecule has 16 heavy (non-hydrogen) atoms. The molecule has 0 radical (unpaired) electrons. The zero-order chi connectivity index (χ0) is 11.7. The molecule has 1 fully saturated rings. The number of β-amino-alcohol motifs (C(OH)–C–C–N with tert-alkyl or cyclic N) is 2. The van der Waals surface area contributed by atoms with Crippen molar-refractivity contribution in [2.45, 2.75) is 18.8 Å². The van der Waals surface area contributed by atoms with Gasteiger partial charge < -0.3 is 20.2 Å². The third-order valence-corrected chi connectivity index (χ3v) is 3.18. The van der Waals surface area contributed by atoms with Crippen LogP contribution in [0, 0.1) is 0 Å². The van der Waals surface area contributed by atoms with Gasteiger partial charge in [-0.05, 0) is 17.7 Å². The van der Waals surface area contributed by atoms with Crippen molar-refractivity contribution in [1.82, 2.24) is 0 Å². The highest BCUT2D eigenvalue weighted by Gasteiger charge is 2.29. The lowest BCUT2D eigenvalue weighted by Crippen LogP contribution is -2.22. The Kier molecular flexibility index (Phi) is 3.35. The van der Waals surface area contributed by atoms with Gasteiger partial charge >= 0.3 is 0 Å². The van der Waals surface area contributed by atoms with Gasteiger partial charge in [-0.25, -0.2) is 0 Å². The molecule has 1 aliphatic rings. The highest BCUT2D eigenvalue weighted by molar-refractivity contribution is 6.31. The second kappa shape index (κ2) is 4.59. The molecule has 5 heteroatoms. The average molecular weight is 244 g/mol. The Balaban J connectivity index is 2.19. The molecule has 0 bridgehead atoms. The first-order valence-electron chi connectivity index (χ1n) is 5.12. The number of nitrogens with zero attached hydrogens (tertiary/aromatic N) is 1. The summed E-state index contributed by atoms with van der Waals surface area (Å²) in [6.07, 6.45) is -1.42. The number of halogens is 1. The van der Waals surface area contributed by atoms with Gasteiger partial charge in [0.05, 0.1) is 18.8 Å². The van der Waals surface area contributed by atoms with Crippen molar-refractivity contribution in [2.75, 3.05) is 18.0 Å². The molecule has 0 spiro atoms. The summed E-state index contributed by atoms with van der Waals surface area (Å²) >= 11 is 5.97. The topological polar surface area (TPSA) is 63.9 Å². The summed E-state index contributed by atoms with van der Waals surface area (Å²) < 4.78 is 0. The molecule has 2 unspecified atom stereocenters. The summed E-state index contributed by atoms with van der Waals surface area (Å²) in [5.74, 6) is 0. The summed E-state index contributed by atoms with van der Waals surface area (Å²) in [5, 5.41) is 28.3. The van der Waals surface area contributed by atoms with Crippen molar-refractivity contribution in [3.05, 3.63) is 28.8 Å². The van der Waals surface area contributed by atoms with Gasteiger partial charge in [-0.3, -0.25) is 0 Å². The molecule has 2 atom stereocenters. The smallest absolute Gasteiger partial charge is 0.0990 e. The molecule has 4 nitrogen and oxygen atoms in total. The van der Waals surface area contributed by atoms with Crippen molar-refractivity contribution in [2.24, 2.45) is 0 Å². The fourth-order valence-corrected chi connectivity index (χ4v) is 2.08. The maximum Gasteiger partial charge on any atom is 0.0990 e. The van der Waals surface area contributed by atoms with Crippen LogP contribution in [-0.2, 0) is 6.61 Å². The summed E-state index contributed by atoms with van der Waals surface area (Å²) in [6, 6.07) is 5.30. The second-order valence-electron chi connectivity index (χ2n) is 3.97. The van der Waals surface area contributed by atoms with Gasteiger partial charge in [0.1, 0.15) is 0 Å². The molecule has 2 rings (SSSR count). The minimum Gasteiger partial charge on any atom is -0.392 e. The first-order valence-corrected chi connectivity index (χ1v) is 5.50. The standard InChI is InChI=1S/C11H14ClNO3/c12-9-3-8(2-1-7(9)6-14)13-4-10(15)11(16)5-13/h1-3,10-11,14-16H,4-6H2. The predicted molar refractivity (Wildman–Crippen MR) is 61.6 cm³/mol. The predicted octanol–water partition coefficient (Wildman–Crippen LogP) is 0.374. The summed E-state index contributed by atoms with van der Waals surface area (Å²) in [6.45, 7) is 0.705. The number of anilines is 1. The highest BCUT2D eigenvalue weighted by Crippen LogP contribution is 2.26. The largest absolute Gasteiger partial charge is 0.392 e. The Bertz CT molecular complexity index is 375. The first-order chi connectivity index (χ1) is 7.61. The van der Waals surface area contributed by atoms with Gasteiger partial charge in [-0.1, -0.05) is 17.7 Å². The lowest BCUT2D eigenvalue weighted by atomic mass is 10.2. The van der Waals surface area contributed by atoms with Crippen molar-refractivity contribution >= 4 is 17.3 Å². The fraction of sp³-hybridized carbons (Fsp3) is 0.455. The van der Waals surface area contributed by atoms with Crippen molar-refractivity contribution in [3.8, 4) is 0 Å².